The quantitative estimate of drug-likeness (QED) is 0.595. The molecule has 3 rings (SSSR count). The van der Waals surface area contributed by atoms with Gasteiger partial charge < -0.3 is 20.0 Å². The Balaban J connectivity index is 1.83. The Morgan fingerprint density at radius 1 is 1.23 bits per heavy atom. The van der Waals surface area contributed by atoms with E-state index in [1.165, 1.54) is 18.7 Å². The fraction of sp³-hybridized carbons (Fsp3) is 0.118. The largest absolute Gasteiger partial charge is 0.472 e. The molecule has 26 heavy (non-hydrogen) atoms. The van der Waals surface area contributed by atoms with Gasteiger partial charge in [-0.1, -0.05) is 11.2 Å². The lowest BCUT2D eigenvalue weighted by Gasteiger charge is -2.14. The number of carbonyl (C=O) groups excluding carboxylic acids is 3. The van der Waals surface area contributed by atoms with E-state index in [-0.39, 0.29) is 12.2 Å². The number of hydrogen-bond donors (Lipinski definition) is 2. The fourth-order valence-electron chi connectivity index (χ4n) is 2.36. The van der Waals surface area contributed by atoms with Crippen LogP contribution in [-0.2, 0) is 16.0 Å². The maximum Gasteiger partial charge on any atom is 0.291 e. The van der Waals surface area contributed by atoms with Gasteiger partial charge in [-0.25, -0.2) is 0 Å². The number of Topliss-reactive ketones (excluding diaryl/α,β-unsaturated/α-hetero) is 1. The van der Waals surface area contributed by atoms with Crippen LogP contribution in [0.4, 0.5) is 0 Å². The number of carbonyl (C=O) groups is 3. The number of primary amides is 1. The average Bonchev–Trinajstić information content (AvgIpc) is 3.32. The van der Waals surface area contributed by atoms with Crippen molar-refractivity contribution in [2.45, 2.75) is 12.5 Å². The van der Waals surface area contributed by atoms with E-state index in [9.17, 15) is 14.4 Å². The fourth-order valence-corrected chi connectivity index (χ4v) is 2.36. The first-order chi connectivity index (χ1) is 12.6. The van der Waals surface area contributed by atoms with Gasteiger partial charge in [0.05, 0.1) is 30.0 Å². The van der Waals surface area contributed by atoms with E-state index in [1.807, 2.05) is 0 Å². The Hall–Kier alpha value is -3.75. The van der Waals surface area contributed by atoms with Gasteiger partial charge in [-0.05, 0) is 23.8 Å². The SMILES string of the molecule is NC(=O)C(=O)C(Cc1ccoc1)NC(=O)c1oncc1-c1ccccn1. The third-order valence-electron chi connectivity index (χ3n) is 3.60. The molecule has 0 saturated carbocycles. The minimum absolute atomic E-state index is 0.0388. The number of furan rings is 1. The van der Waals surface area contributed by atoms with Crippen LogP contribution in [0.5, 0.6) is 0 Å². The highest BCUT2D eigenvalue weighted by molar-refractivity contribution is 6.38. The topological polar surface area (TPSA) is 141 Å². The zero-order valence-electron chi connectivity index (χ0n) is 13.4. The van der Waals surface area contributed by atoms with Gasteiger partial charge >= 0.3 is 0 Å². The van der Waals surface area contributed by atoms with E-state index in [1.54, 1.807) is 30.5 Å². The van der Waals surface area contributed by atoms with Crippen LogP contribution in [0.3, 0.4) is 0 Å². The lowest BCUT2D eigenvalue weighted by Crippen LogP contribution is -2.47. The summed E-state index contributed by atoms with van der Waals surface area (Å²) in [6, 6.07) is 5.60. The molecule has 3 N–H and O–H groups in total. The number of nitrogens with zero attached hydrogens (tertiary/aromatic N) is 2. The van der Waals surface area contributed by atoms with Crippen LogP contribution < -0.4 is 11.1 Å². The van der Waals surface area contributed by atoms with Crippen LogP contribution in [0.25, 0.3) is 11.3 Å². The lowest BCUT2D eigenvalue weighted by molar-refractivity contribution is -0.137. The summed E-state index contributed by atoms with van der Waals surface area (Å²) in [6.07, 6.45) is 5.76. The van der Waals surface area contributed by atoms with Crippen molar-refractivity contribution in [3.63, 3.8) is 0 Å². The summed E-state index contributed by atoms with van der Waals surface area (Å²) in [5.41, 5.74) is 6.53. The second-order valence-electron chi connectivity index (χ2n) is 5.37. The maximum atomic E-state index is 12.6. The first-order valence-corrected chi connectivity index (χ1v) is 7.58. The molecule has 0 radical (unpaired) electrons. The Bertz CT molecular complexity index is 918. The van der Waals surface area contributed by atoms with Gasteiger partial charge in [0.15, 0.2) is 0 Å². The minimum atomic E-state index is -1.17. The van der Waals surface area contributed by atoms with Crippen LogP contribution >= 0.6 is 0 Å². The van der Waals surface area contributed by atoms with Gasteiger partial charge in [0.25, 0.3) is 11.8 Å². The smallest absolute Gasteiger partial charge is 0.291 e. The minimum Gasteiger partial charge on any atom is -0.472 e. The van der Waals surface area contributed by atoms with Gasteiger partial charge in [0.2, 0.25) is 11.5 Å². The Morgan fingerprint density at radius 2 is 2.08 bits per heavy atom. The molecule has 0 aliphatic carbocycles. The number of amides is 2. The molecule has 132 valence electrons. The predicted octanol–water partition coefficient (Wildman–Crippen LogP) is 0.725. The van der Waals surface area contributed by atoms with Gasteiger partial charge in [-0.15, -0.1) is 0 Å². The zero-order chi connectivity index (χ0) is 18.5. The van der Waals surface area contributed by atoms with Crippen molar-refractivity contribution in [1.29, 1.82) is 0 Å². The normalized spacial score (nSPS) is 11.7. The monoisotopic (exact) mass is 354 g/mol. The molecule has 0 bridgehead atoms. The zero-order valence-corrected chi connectivity index (χ0v) is 13.4. The molecule has 1 unspecified atom stereocenters. The molecule has 0 aromatic carbocycles. The van der Waals surface area contributed by atoms with Crippen LogP contribution in [0.2, 0.25) is 0 Å². The molecule has 2 amide bonds. The molecule has 9 heteroatoms. The lowest BCUT2D eigenvalue weighted by atomic mass is 10.0. The summed E-state index contributed by atoms with van der Waals surface area (Å²) in [5, 5.41) is 6.07. The summed E-state index contributed by atoms with van der Waals surface area (Å²) in [7, 11) is 0. The molecule has 0 spiro atoms. The van der Waals surface area contributed by atoms with E-state index >= 15 is 0 Å². The molecule has 0 aliphatic rings. The molecule has 3 aromatic heterocycles. The maximum absolute atomic E-state index is 12.6. The predicted molar refractivity (Wildman–Crippen MR) is 87.6 cm³/mol. The number of pyridine rings is 1. The van der Waals surface area contributed by atoms with Crippen molar-refractivity contribution in [1.82, 2.24) is 15.5 Å². The number of rotatable bonds is 7. The highest BCUT2D eigenvalue weighted by Crippen LogP contribution is 2.21. The van der Waals surface area contributed by atoms with Crippen LogP contribution in [0.15, 0.2) is 58.1 Å². The molecular weight excluding hydrogens is 340 g/mol. The van der Waals surface area contributed by atoms with E-state index < -0.39 is 23.6 Å². The average molecular weight is 354 g/mol. The van der Waals surface area contributed by atoms with E-state index in [0.717, 1.165) is 0 Å². The third kappa shape index (κ3) is 3.66. The van der Waals surface area contributed by atoms with E-state index in [2.05, 4.69) is 15.5 Å². The molecule has 1 atom stereocenters. The number of nitrogens with one attached hydrogen (secondary N) is 1. The van der Waals surface area contributed by atoms with Crippen molar-refractivity contribution in [2.75, 3.05) is 0 Å². The van der Waals surface area contributed by atoms with Crippen LogP contribution in [-0.4, -0.2) is 33.8 Å². The Morgan fingerprint density at radius 3 is 2.73 bits per heavy atom. The first kappa shape index (κ1) is 17.1. The van der Waals surface area contributed by atoms with Crippen molar-refractivity contribution < 1.29 is 23.3 Å². The van der Waals surface area contributed by atoms with Crippen molar-refractivity contribution >= 4 is 17.6 Å². The van der Waals surface area contributed by atoms with Crippen LogP contribution in [0, 0.1) is 0 Å². The summed E-state index contributed by atoms with van der Waals surface area (Å²) in [6.45, 7) is 0. The third-order valence-corrected chi connectivity index (χ3v) is 3.60. The number of aromatic nitrogens is 2. The van der Waals surface area contributed by atoms with Crippen LogP contribution in [0.1, 0.15) is 16.1 Å². The second kappa shape index (κ2) is 7.43. The summed E-state index contributed by atoms with van der Waals surface area (Å²) >= 11 is 0. The molecule has 3 heterocycles. The first-order valence-electron chi connectivity index (χ1n) is 7.58. The van der Waals surface area contributed by atoms with Gasteiger partial charge in [0, 0.05) is 12.6 Å². The molecule has 9 nitrogen and oxygen atoms in total. The van der Waals surface area contributed by atoms with E-state index in [0.29, 0.717) is 16.8 Å². The standard InChI is InChI=1S/C17H14N4O5/c18-16(23)14(22)13(7-10-4-6-25-9-10)21-17(24)15-11(8-20-26-15)12-3-1-2-5-19-12/h1-6,8-9,13H,7H2,(H2,18,23)(H,21,24). The van der Waals surface area contributed by atoms with Crippen molar-refractivity contribution in [3.8, 4) is 11.3 Å². The highest BCUT2D eigenvalue weighted by atomic mass is 16.5. The molecule has 0 saturated heterocycles. The number of nitrogens with two attached hydrogens (primary N) is 1. The van der Waals surface area contributed by atoms with Gasteiger partial charge in [-0.2, -0.15) is 0 Å². The number of ketones is 1. The van der Waals surface area contributed by atoms with Gasteiger partial charge in [0.1, 0.15) is 6.04 Å². The molecule has 0 fully saturated rings. The molecule has 0 aliphatic heterocycles. The second-order valence-corrected chi connectivity index (χ2v) is 5.37. The van der Waals surface area contributed by atoms with Gasteiger partial charge in [-0.3, -0.25) is 19.4 Å². The summed E-state index contributed by atoms with van der Waals surface area (Å²) < 4.78 is 9.94. The van der Waals surface area contributed by atoms with Crippen molar-refractivity contribution in [3.05, 3.63) is 60.5 Å². The Labute approximate surface area is 147 Å². The van der Waals surface area contributed by atoms with E-state index in [4.69, 9.17) is 14.7 Å². The summed E-state index contributed by atoms with van der Waals surface area (Å²) in [4.78, 5) is 40.0. The van der Waals surface area contributed by atoms with Crippen molar-refractivity contribution in [2.24, 2.45) is 5.73 Å². The highest BCUT2D eigenvalue weighted by Gasteiger charge is 2.29. The summed E-state index contributed by atoms with van der Waals surface area (Å²) in [5.74, 6) is -2.93. The Kier molecular flexibility index (Phi) is 4.88. The number of hydrogen-bond acceptors (Lipinski definition) is 7. The molecule has 3 aromatic rings. The molecular formula is C17H14N4O5.